The number of nitrogens with zero attached hydrogens (tertiary/aromatic N) is 2. The Morgan fingerprint density at radius 1 is 1.30 bits per heavy atom. The van der Waals surface area contributed by atoms with Crippen LogP contribution in [-0.2, 0) is 27.4 Å². The number of nitrogens with one attached hydrogen (secondary N) is 3. The number of aromatic nitrogens is 2. The molecule has 0 radical (unpaired) electrons. The van der Waals surface area contributed by atoms with Gasteiger partial charge in [0, 0.05) is 18.9 Å². The summed E-state index contributed by atoms with van der Waals surface area (Å²) in [6.45, 7) is 0.0480. The summed E-state index contributed by atoms with van der Waals surface area (Å²) in [5.41, 5.74) is 1.19. The molecule has 30 heavy (non-hydrogen) atoms. The fourth-order valence-corrected chi connectivity index (χ4v) is 2.40. The van der Waals surface area contributed by atoms with Gasteiger partial charge >= 0.3 is 6.09 Å². The van der Waals surface area contributed by atoms with Crippen molar-refractivity contribution in [2.24, 2.45) is 0 Å². The molecule has 1 fully saturated rings. The summed E-state index contributed by atoms with van der Waals surface area (Å²) in [6, 6.07) is 3.98. The Labute approximate surface area is 169 Å². The highest BCUT2D eigenvalue weighted by Crippen LogP contribution is 2.06. The molecule has 1 atom stereocenters. The molecule has 0 aromatic carbocycles. The third kappa shape index (κ3) is 6.51. The van der Waals surface area contributed by atoms with Gasteiger partial charge in [0.15, 0.2) is 5.82 Å². The number of alkyl carbamates (subject to hydrolysis) is 1. The van der Waals surface area contributed by atoms with Crippen molar-refractivity contribution in [1.29, 1.82) is 0 Å². The standard InChI is InChI=1S/C17H16FN5O4.CH2O2/c18-13-8-19-3-2-12(13)15(24)22-7-11-5-10(1-4-20-11)6-21-16(25)14-9-27-17(26)23-14;2-1-3/h1-5,8,14H,6-7,9H2,(H,21,25)(H,22,24)(H,23,26);1H,(H,2,3)/t14-;/m0./s1. The summed E-state index contributed by atoms with van der Waals surface area (Å²) in [6.07, 6.45) is 3.21. The van der Waals surface area contributed by atoms with Crippen molar-refractivity contribution in [3.8, 4) is 0 Å². The molecule has 11 nitrogen and oxygen atoms in total. The minimum Gasteiger partial charge on any atom is -0.483 e. The fourth-order valence-electron chi connectivity index (χ4n) is 2.40. The molecule has 2 aromatic heterocycles. The maximum absolute atomic E-state index is 13.5. The van der Waals surface area contributed by atoms with Crippen LogP contribution in [0, 0.1) is 5.82 Å². The zero-order valence-electron chi connectivity index (χ0n) is 15.5. The minimum atomic E-state index is -0.714. The number of pyridine rings is 2. The van der Waals surface area contributed by atoms with E-state index in [1.165, 1.54) is 18.5 Å². The highest BCUT2D eigenvalue weighted by Gasteiger charge is 2.28. The maximum Gasteiger partial charge on any atom is 0.407 e. The second kappa shape index (κ2) is 11.0. The first-order chi connectivity index (χ1) is 14.4. The van der Waals surface area contributed by atoms with E-state index in [2.05, 4.69) is 30.7 Å². The van der Waals surface area contributed by atoms with Crippen molar-refractivity contribution in [1.82, 2.24) is 25.9 Å². The number of carboxylic acid groups (broad SMARTS) is 1. The van der Waals surface area contributed by atoms with Crippen LogP contribution in [0.3, 0.4) is 0 Å². The molecule has 4 N–H and O–H groups in total. The number of ether oxygens (including phenoxy) is 1. The summed E-state index contributed by atoms with van der Waals surface area (Å²) in [5.74, 6) is -1.64. The highest BCUT2D eigenvalue weighted by atomic mass is 19.1. The lowest BCUT2D eigenvalue weighted by atomic mass is 10.2. The van der Waals surface area contributed by atoms with Crippen molar-refractivity contribution in [2.75, 3.05) is 6.61 Å². The minimum absolute atomic E-state index is 0.0101. The van der Waals surface area contributed by atoms with Gasteiger partial charge in [-0.25, -0.2) is 9.18 Å². The molecule has 12 heteroatoms. The Balaban J connectivity index is 0.00000101. The van der Waals surface area contributed by atoms with Gasteiger partial charge in [0.25, 0.3) is 12.4 Å². The van der Waals surface area contributed by atoms with Gasteiger partial charge in [-0.05, 0) is 23.8 Å². The second-order valence-corrected chi connectivity index (χ2v) is 5.81. The van der Waals surface area contributed by atoms with Crippen LogP contribution in [0.25, 0.3) is 0 Å². The van der Waals surface area contributed by atoms with Crippen LogP contribution in [0.2, 0.25) is 0 Å². The predicted molar refractivity (Wildman–Crippen MR) is 98.4 cm³/mol. The topological polar surface area (TPSA) is 160 Å². The van der Waals surface area contributed by atoms with Gasteiger partial charge in [-0.1, -0.05) is 0 Å². The molecule has 3 amide bonds. The van der Waals surface area contributed by atoms with E-state index in [9.17, 15) is 18.8 Å². The first-order valence-corrected chi connectivity index (χ1v) is 8.55. The number of rotatable bonds is 6. The van der Waals surface area contributed by atoms with Gasteiger partial charge in [0.2, 0.25) is 5.91 Å². The number of halogens is 1. The molecule has 1 aliphatic heterocycles. The Morgan fingerprint density at radius 3 is 2.73 bits per heavy atom. The largest absolute Gasteiger partial charge is 0.483 e. The van der Waals surface area contributed by atoms with Gasteiger partial charge in [0.1, 0.15) is 12.6 Å². The second-order valence-electron chi connectivity index (χ2n) is 5.81. The normalized spacial score (nSPS) is 14.4. The molecule has 0 saturated carbocycles. The Morgan fingerprint density at radius 2 is 2.07 bits per heavy atom. The Kier molecular flexibility index (Phi) is 8.17. The molecule has 3 rings (SSSR count). The average Bonchev–Trinajstić information content (AvgIpc) is 3.18. The molecule has 0 aliphatic carbocycles. The molecule has 1 aliphatic rings. The lowest BCUT2D eigenvalue weighted by Crippen LogP contribution is -2.42. The Hall–Kier alpha value is -4.09. The van der Waals surface area contributed by atoms with E-state index in [-0.39, 0.29) is 37.6 Å². The Bertz CT molecular complexity index is 925. The van der Waals surface area contributed by atoms with Gasteiger partial charge in [-0.2, -0.15) is 0 Å². The summed E-state index contributed by atoms with van der Waals surface area (Å²) in [5, 5.41) is 14.5. The fraction of sp³-hybridized carbons (Fsp3) is 0.222. The summed E-state index contributed by atoms with van der Waals surface area (Å²) >= 11 is 0. The van der Waals surface area contributed by atoms with Crippen molar-refractivity contribution in [3.63, 3.8) is 0 Å². The molecule has 3 heterocycles. The van der Waals surface area contributed by atoms with Crippen LogP contribution in [0.4, 0.5) is 9.18 Å². The van der Waals surface area contributed by atoms with Crippen molar-refractivity contribution in [2.45, 2.75) is 19.1 Å². The molecule has 1 saturated heterocycles. The molecule has 0 bridgehead atoms. The first kappa shape index (κ1) is 22.2. The van der Waals surface area contributed by atoms with Crippen LogP contribution in [-0.4, -0.2) is 52.1 Å². The molecule has 0 unspecified atom stereocenters. The molecule has 158 valence electrons. The van der Waals surface area contributed by atoms with E-state index in [1.807, 2.05) is 0 Å². The van der Waals surface area contributed by atoms with E-state index in [0.29, 0.717) is 5.69 Å². The highest BCUT2D eigenvalue weighted by molar-refractivity contribution is 5.94. The number of hydrogen-bond donors (Lipinski definition) is 4. The van der Waals surface area contributed by atoms with Crippen LogP contribution < -0.4 is 16.0 Å². The number of cyclic esters (lactones) is 1. The van der Waals surface area contributed by atoms with Gasteiger partial charge in [-0.15, -0.1) is 0 Å². The number of amides is 3. The van der Waals surface area contributed by atoms with Crippen LogP contribution in [0.15, 0.2) is 36.8 Å². The summed E-state index contributed by atoms with van der Waals surface area (Å²) < 4.78 is 18.2. The van der Waals surface area contributed by atoms with Crippen molar-refractivity contribution < 1.29 is 33.4 Å². The molecular formula is C18H18FN5O6. The zero-order chi connectivity index (χ0) is 21.9. The smallest absolute Gasteiger partial charge is 0.407 e. The maximum atomic E-state index is 13.5. The number of hydrogen-bond acceptors (Lipinski definition) is 7. The van der Waals surface area contributed by atoms with Crippen LogP contribution >= 0.6 is 0 Å². The van der Waals surface area contributed by atoms with E-state index in [0.717, 1.165) is 11.8 Å². The first-order valence-electron chi connectivity index (χ1n) is 8.55. The zero-order valence-corrected chi connectivity index (χ0v) is 15.5. The van der Waals surface area contributed by atoms with E-state index in [4.69, 9.17) is 9.90 Å². The summed E-state index contributed by atoms with van der Waals surface area (Å²) in [7, 11) is 0. The van der Waals surface area contributed by atoms with Crippen LogP contribution in [0.1, 0.15) is 21.6 Å². The lowest BCUT2D eigenvalue weighted by Gasteiger charge is -2.10. The van der Waals surface area contributed by atoms with Crippen LogP contribution in [0.5, 0.6) is 0 Å². The molecule has 0 spiro atoms. The SMILES string of the molecule is O=C1N[C@H](C(=O)NCc2ccnc(CNC(=O)c3ccncc3F)c2)CO1.O=CO. The third-order valence-corrected chi connectivity index (χ3v) is 3.78. The summed E-state index contributed by atoms with van der Waals surface area (Å²) in [4.78, 5) is 51.0. The van der Waals surface area contributed by atoms with Crippen molar-refractivity contribution >= 4 is 24.4 Å². The monoisotopic (exact) mass is 419 g/mol. The van der Waals surface area contributed by atoms with E-state index < -0.39 is 23.9 Å². The third-order valence-electron chi connectivity index (χ3n) is 3.78. The van der Waals surface area contributed by atoms with Gasteiger partial charge in [0.05, 0.1) is 24.0 Å². The number of carbonyl (C=O) groups is 4. The van der Waals surface area contributed by atoms with E-state index >= 15 is 0 Å². The lowest BCUT2D eigenvalue weighted by molar-refractivity contribution is -0.123. The molecular weight excluding hydrogens is 401 g/mol. The number of carbonyl (C=O) groups excluding carboxylic acids is 3. The average molecular weight is 419 g/mol. The molecule has 2 aromatic rings. The quantitative estimate of drug-likeness (QED) is 0.475. The van der Waals surface area contributed by atoms with Crippen molar-refractivity contribution in [3.05, 3.63) is 59.4 Å². The van der Waals surface area contributed by atoms with Gasteiger partial charge < -0.3 is 25.8 Å². The predicted octanol–water partition coefficient (Wildman–Crippen LogP) is -0.0289. The van der Waals surface area contributed by atoms with E-state index in [1.54, 1.807) is 12.1 Å². The van der Waals surface area contributed by atoms with Gasteiger partial charge in [-0.3, -0.25) is 24.4 Å².